The number of hydrogen-bond donors (Lipinski definition) is 1. The van der Waals surface area contributed by atoms with Gasteiger partial charge in [0.05, 0.1) is 6.54 Å². The van der Waals surface area contributed by atoms with Crippen LogP contribution in [0, 0.1) is 0 Å². The predicted molar refractivity (Wildman–Crippen MR) is 63.3 cm³/mol. The van der Waals surface area contributed by atoms with Gasteiger partial charge in [0, 0.05) is 35.9 Å². The SMILES string of the molecule is c1cc([C@H]2CCN(Cc3nccs3)C2)[nH]n1. The molecule has 16 heavy (non-hydrogen) atoms. The molecule has 1 saturated heterocycles. The number of likely N-dealkylation sites (tertiary alicyclic amines) is 1. The molecule has 1 fully saturated rings. The first-order valence-electron chi connectivity index (χ1n) is 5.52. The molecule has 2 aromatic rings. The van der Waals surface area contributed by atoms with Crippen molar-refractivity contribution in [1.82, 2.24) is 20.1 Å². The topological polar surface area (TPSA) is 44.8 Å². The molecular formula is C11H14N4S. The first-order valence-corrected chi connectivity index (χ1v) is 6.40. The molecule has 1 aliphatic rings. The van der Waals surface area contributed by atoms with Crippen molar-refractivity contribution < 1.29 is 0 Å². The Hall–Kier alpha value is -1.20. The third-order valence-electron chi connectivity index (χ3n) is 3.08. The van der Waals surface area contributed by atoms with E-state index in [2.05, 4.69) is 26.1 Å². The minimum absolute atomic E-state index is 0.613. The van der Waals surface area contributed by atoms with Crippen molar-refractivity contribution in [3.63, 3.8) is 0 Å². The Morgan fingerprint density at radius 1 is 1.50 bits per heavy atom. The number of nitrogens with zero attached hydrogens (tertiary/aromatic N) is 3. The van der Waals surface area contributed by atoms with Gasteiger partial charge in [0.2, 0.25) is 0 Å². The predicted octanol–water partition coefficient (Wildman–Crippen LogP) is 1.86. The highest BCUT2D eigenvalue weighted by Crippen LogP contribution is 2.26. The molecule has 3 rings (SSSR count). The van der Waals surface area contributed by atoms with Crippen LogP contribution in [0.3, 0.4) is 0 Å². The quantitative estimate of drug-likeness (QED) is 0.881. The molecule has 0 radical (unpaired) electrons. The van der Waals surface area contributed by atoms with Crippen LogP contribution >= 0.6 is 11.3 Å². The van der Waals surface area contributed by atoms with Gasteiger partial charge in [0.25, 0.3) is 0 Å². The molecular weight excluding hydrogens is 220 g/mol. The van der Waals surface area contributed by atoms with E-state index in [4.69, 9.17) is 0 Å². The molecule has 0 amide bonds. The lowest BCUT2D eigenvalue weighted by atomic mass is 10.1. The molecule has 0 bridgehead atoms. The molecule has 0 unspecified atom stereocenters. The Balaban J connectivity index is 1.61. The summed E-state index contributed by atoms with van der Waals surface area (Å²) >= 11 is 1.74. The molecule has 1 N–H and O–H groups in total. The third kappa shape index (κ3) is 2.01. The minimum Gasteiger partial charge on any atom is -0.296 e. The summed E-state index contributed by atoms with van der Waals surface area (Å²) in [5.74, 6) is 0.613. The van der Waals surface area contributed by atoms with E-state index in [0.29, 0.717) is 5.92 Å². The summed E-state index contributed by atoms with van der Waals surface area (Å²) in [5, 5.41) is 10.3. The van der Waals surface area contributed by atoms with Crippen molar-refractivity contribution in [2.24, 2.45) is 0 Å². The molecule has 2 aromatic heterocycles. The van der Waals surface area contributed by atoms with Crippen LogP contribution in [0.15, 0.2) is 23.8 Å². The average molecular weight is 234 g/mol. The second-order valence-corrected chi connectivity index (χ2v) is 5.14. The van der Waals surface area contributed by atoms with Crippen LogP contribution in [0.4, 0.5) is 0 Å². The number of hydrogen-bond acceptors (Lipinski definition) is 4. The smallest absolute Gasteiger partial charge is 0.107 e. The van der Waals surface area contributed by atoms with Crippen LogP contribution in [-0.2, 0) is 6.54 Å². The Morgan fingerprint density at radius 3 is 3.25 bits per heavy atom. The van der Waals surface area contributed by atoms with Crippen LogP contribution in [0.5, 0.6) is 0 Å². The van der Waals surface area contributed by atoms with Crippen molar-refractivity contribution in [1.29, 1.82) is 0 Å². The summed E-state index contributed by atoms with van der Waals surface area (Å²) in [6.45, 7) is 3.26. The molecule has 1 aliphatic heterocycles. The van der Waals surface area contributed by atoms with Gasteiger partial charge in [-0.3, -0.25) is 10.00 Å². The highest BCUT2D eigenvalue weighted by molar-refractivity contribution is 7.09. The highest BCUT2D eigenvalue weighted by Gasteiger charge is 2.24. The van der Waals surface area contributed by atoms with Crippen molar-refractivity contribution >= 4 is 11.3 Å². The van der Waals surface area contributed by atoms with Gasteiger partial charge >= 0.3 is 0 Å². The first-order chi connectivity index (χ1) is 7.92. The summed E-state index contributed by atoms with van der Waals surface area (Å²) < 4.78 is 0. The third-order valence-corrected chi connectivity index (χ3v) is 3.84. The lowest BCUT2D eigenvalue weighted by Gasteiger charge is -2.13. The van der Waals surface area contributed by atoms with Gasteiger partial charge in [0.15, 0.2) is 0 Å². The fourth-order valence-electron chi connectivity index (χ4n) is 2.25. The number of H-pyrrole nitrogens is 1. The number of aromatic amines is 1. The Morgan fingerprint density at radius 2 is 2.50 bits per heavy atom. The van der Waals surface area contributed by atoms with Gasteiger partial charge in [-0.1, -0.05) is 0 Å². The fourth-order valence-corrected chi connectivity index (χ4v) is 2.90. The van der Waals surface area contributed by atoms with E-state index in [-0.39, 0.29) is 0 Å². The van der Waals surface area contributed by atoms with Gasteiger partial charge in [-0.15, -0.1) is 11.3 Å². The van der Waals surface area contributed by atoms with Gasteiger partial charge < -0.3 is 0 Å². The largest absolute Gasteiger partial charge is 0.296 e. The minimum atomic E-state index is 0.613. The highest BCUT2D eigenvalue weighted by atomic mass is 32.1. The number of nitrogens with one attached hydrogen (secondary N) is 1. The standard InChI is InChI=1S/C11H14N4S/c1-3-13-14-10(1)9-2-5-15(7-9)8-11-12-4-6-16-11/h1,3-4,6,9H,2,5,7-8H2,(H,13,14)/t9-/m0/s1. The van der Waals surface area contributed by atoms with E-state index in [1.165, 1.54) is 17.1 Å². The maximum absolute atomic E-state index is 4.32. The summed E-state index contributed by atoms with van der Waals surface area (Å²) in [6, 6.07) is 2.08. The molecule has 4 nitrogen and oxygen atoms in total. The monoisotopic (exact) mass is 234 g/mol. The molecule has 84 valence electrons. The molecule has 3 heterocycles. The zero-order valence-electron chi connectivity index (χ0n) is 8.97. The molecule has 1 atom stereocenters. The number of rotatable bonds is 3. The summed E-state index contributed by atoms with van der Waals surface area (Å²) in [4.78, 5) is 6.79. The van der Waals surface area contributed by atoms with E-state index in [9.17, 15) is 0 Å². The van der Waals surface area contributed by atoms with Gasteiger partial charge in [-0.2, -0.15) is 5.10 Å². The lowest BCUT2D eigenvalue weighted by Crippen LogP contribution is -2.19. The Bertz CT molecular complexity index is 423. The van der Waals surface area contributed by atoms with Gasteiger partial charge in [-0.25, -0.2) is 4.98 Å². The number of thiazole rings is 1. The van der Waals surface area contributed by atoms with Crippen LogP contribution in [0.25, 0.3) is 0 Å². The molecule has 0 spiro atoms. The van der Waals surface area contributed by atoms with Gasteiger partial charge in [0.1, 0.15) is 5.01 Å². The van der Waals surface area contributed by atoms with Crippen molar-refractivity contribution in [2.45, 2.75) is 18.9 Å². The van der Waals surface area contributed by atoms with E-state index < -0.39 is 0 Å². The maximum atomic E-state index is 4.32. The van der Waals surface area contributed by atoms with Crippen LogP contribution in [-0.4, -0.2) is 33.2 Å². The maximum Gasteiger partial charge on any atom is 0.107 e. The van der Waals surface area contributed by atoms with Crippen molar-refractivity contribution in [2.75, 3.05) is 13.1 Å². The zero-order valence-corrected chi connectivity index (χ0v) is 9.78. The Labute approximate surface area is 98.3 Å². The number of aromatic nitrogens is 3. The van der Waals surface area contributed by atoms with Crippen LogP contribution in [0.1, 0.15) is 23.0 Å². The van der Waals surface area contributed by atoms with Crippen LogP contribution < -0.4 is 0 Å². The van der Waals surface area contributed by atoms with E-state index in [0.717, 1.165) is 19.6 Å². The second kappa shape index (κ2) is 4.35. The van der Waals surface area contributed by atoms with E-state index >= 15 is 0 Å². The molecule has 0 aromatic carbocycles. The summed E-state index contributed by atoms with van der Waals surface area (Å²) in [7, 11) is 0. The normalized spacial score (nSPS) is 21.6. The fraction of sp³-hybridized carbons (Fsp3) is 0.455. The summed E-state index contributed by atoms with van der Waals surface area (Å²) in [6.07, 6.45) is 4.93. The Kier molecular flexibility index (Phi) is 2.71. The zero-order chi connectivity index (χ0) is 10.8. The molecule has 0 aliphatic carbocycles. The van der Waals surface area contributed by atoms with Crippen molar-refractivity contribution in [3.05, 3.63) is 34.5 Å². The molecule has 5 heteroatoms. The van der Waals surface area contributed by atoms with Crippen molar-refractivity contribution in [3.8, 4) is 0 Å². The average Bonchev–Trinajstić information content (AvgIpc) is 2.99. The lowest BCUT2D eigenvalue weighted by molar-refractivity contribution is 0.326. The molecule has 0 saturated carbocycles. The second-order valence-electron chi connectivity index (χ2n) is 4.16. The van der Waals surface area contributed by atoms with Gasteiger partial charge in [-0.05, 0) is 19.0 Å². The van der Waals surface area contributed by atoms with E-state index in [1.54, 1.807) is 11.3 Å². The van der Waals surface area contributed by atoms with E-state index in [1.807, 2.05) is 17.8 Å². The van der Waals surface area contributed by atoms with Crippen LogP contribution in [0.2, 0.25) is 0 Å². The summed E-state index contributed by atoms with van der Waals surface area (Å²) in [5.41, 5.74) is 1.27. The first kappa shape index (κ1) is 9.99.